The highest BCUT2D eigenvalue weighted by Gasteiger charge is 2.32. The number of nitrogens with zero attached hydrogens (tertiary/aromatic N) is 2. The molecule has 1 heterocycles. The van der Waals surface area contributed by atoms with E-state index < -0.39 is 18.0 Å². The fourth-order valence-corrected chi connectivity index (χ4v) is 3.45. The van der Waals surface area contributed by atoms with Crippen LogP contribution >= 0.6 is 0 Å². The smallest absolute Gasteiger partial charge is 0.414 e. The van der Waals surface area contributed by atoms with Crippen molar-refractivity contribution in [3.8, 4) is 11.1 Å². The minimum Gasteiger partial charge on any atom is -0.442 e. The number of aliphatic imine (C=N–C) groups is 1. The second-order valence-corrected chi connectivity index (χ2v) is 7.60. The van der Waals surface area contributed by atoms with Crippen LogP contribution in [-0.2, 0) is 16.1 Å². The Hall–Kier alpha value is -3.72. The average Bonchev–Trinajstić information content (AvgIpc) is 3.24. The second kappa shape index (κ2) is 13.9. The van der Waals surface area contributed by atoms with Crippen LogP contribution in [-0.4, -0.2) is 51.5 Å². The van der Waals surface area contributed by atoms with Gasteiger partial charge in [-0.2, -0.15) is 0 Å². The van der Waals surface area contributed by atoms with Crippen molar-refractivity contribution in [1.82, 2.24) is 16.0 Å². The third-order valence-electron chi connectivity index (χ3n) is 5.19. The number of anilines is 1. The lowest BCUT2D eigenvalue weighted by Crippen LogP contribution is -2.33. The van der Waals surface area contributed by atoms with Crippen molar-refractivity contribution in [2.75, 3.05) is 31.6 Å². The van der Waals surface area contributed by atoms with E-state index in [2.05, 4.69) is 27.7 Å². The highest BCUT2D eigenvalue weighted by Crippen LogP contribution is 2.29. The number of likely N-dealkylation sites (N-methyl/N-ethyl adjacent to an activating group) is 1. The number of ether oxygens (including phenoxy) is 1. The molecule has 188 valence electrons. The molecule has 0 saturated carbocycles. The second-order valence-electron chi connectivity index (χ2n) is 7.60. The molecule has 0 aliphatic carbocycles. The molecular formula is C26H34FN5O3. The lowest BCUT2D eigenvalue weighted by Gasteiger charge is -2.15. The maximum atomic E-state index is 14.9. The van der Waals surface area contributed by atoms with Gasteiger partial charge in [-0.1, -0.05) is 38.1 Å². The number of amides is 2. The normalized spacial score (nSPS) is 15.1. The van der Waals surface area contributed by atoms with Crippen LogP contribution in [0.2, 0.25) is 0 Å². The highest BCUT2D eigenvalue weighted by molar-refractivity contribution is 5.90. The lowest BCUT2D eigenvalue weighted by molar-refractivity contribution is -0.119. The van der Waals surface area contributed by atoms with Gasteiger partial charge in [-0.3, -0.25) is 14.7 Å². The Balaban J connectivity index is 0.00000210. The van der Waals surface area contributed by atoms with Gasteiger partial charge in [0.2, 0.25) is 5.91 Å². The predicted molar refractivity (Wildman–Crippen MR) is 138 cm³/mol. The first-order valence-corrected chi connectivity index (χ1v) is 11.6. The van der Waals surface area contributed by atoms with Gasteiger partial charge in [0, 0.05) is 44.5 Å². The van der Waals surface area contributed by atoms with Gasteiger partial charge >= 0.3 is 6.09 Å². The van der Waals surface area contributed by atoms with Crippen LogP contribution in [0.15, 0.2) is 59.4 Å². The minimum atomic E-state index is -0.561. The Morgan fingerprint density at radius 2 is 1.97 bits per heavy atom. The van der Waals surface area contributed by atoms with E-state index in [9.17, 15) is 14.0 Å². The van der Waals surface area contributed by atoms with Gasteiger partial charge in [0.15, 0.2) is 0 Å². The Labute approximate surface area is 206 Å². The van der Waals surface area contributed by atoms with Gasteiger partial charge in [0.1, 0.15) is 11.9 Å². The van der Waals surface area contributed by atoms with Gasteiger partial charge in [-0.05, 0) is 36.0 Å². The van der Waals surface area contributed by atoms with Gasteiger partial charge < -0.3 is 20.7 Å². The third-order valence-corrected chi connectivity index (χ3v) is 5.19. The van der Waals surface area contributed by atoms with Crippen LogP contribution in [0.4, 0.5) is 14.9 Å². The molecule has 1 atom stereocenters. The van der Waals surface area contributed by atoms with Crippen molar-refractivity contribution < 1.29 is 18.7 Å². The molecule has 0 radical (unpaired) electrons. The molecule has 1 saturated heterocycles. The molecule has 9 heteroatoms. The molecule has 0 bridgehead atoms. The number of carbonyl (C=O) groups is 2. The molecule has 0 aromatic heterocycles. The molecule has 3 rings (SSSR count). The molecule has 3 N–H and O–H groups in total. The zero-order valence-electron chi connectivity index (χ0n) is 20.7. The van der Waals surface area contributed by atoms with E-state index in [1.807, 2.05) is 45.2 Å². The number of hydrogen-bond acceptors (Lipinski definition) is 6. The first kappa shape index (κ1) is 27.5. The zero-order valence-corrected chi connectivity index (χ0v) is 20.7. The summed E-state index contributed by atoms with van der Waals surface area (Å²) in [4.78, 5) is 28.3. The number of rotatable bonds is 10. The summed E-state index contributed by atoms with van der Waals surface area (Å²) in [5, 5.41) is 8.96. The first-order valence-electron chi connectivity index (χ1n) is 11.6. The first-order chi connectivity index (χ1) is 16.9. The summed E-state index contributed by atoms with van der Waals surface area (Å²) in [6, 6.07) is 12.3. The van der Waals surface area contributed by atoms with Crippen LogP contribution in [0.5, 0.6) is 0 Å². The molecule has 2 aromatic carbocycles. The molecule has 2 amide bonds. The lowest BCUT2D eigenvalue weighted by atomic mass is 10.0. The Kier molecular flexibility index (Phi) is 10.9. The molecule has 1 unspecified atom stereocenters. The molecule has 35 heavy (non-hydrogen) atoms. The van der Waals surface area contributed by atoms with Crippen molar-refractivity contribution in [3.63, 3.8) is 0 Å². The fourth-order valence-electron chi connectivity index (χ4n) is 3.45. The minimum absolute atomic E-state index is 0.203. The highest BCUT2D eigenvalue weighted by atomic mass is 19.1. The Bertz CT molecular complexity index is 1040. The van der Waals surface area contributed by atoms with E-state index in [1.54, 1.807) is 18.3 Å². The molecule has 1 aliphatic rings. The van der Waals surface area contributed by atoms with Crippen molar-refractivity contribution >= 4 is 24.4 Å². The molecule has 0 spiro atoms. The number of halogens is 1. The van der Waals surface area contributed by atoms with Crippen molar-refractivity contribution in [3.05, 3.63) is 65.7 Å². The van der Waals surface area contributed by atoms with Crippen molar-refractivity contribution in [2.45, 2.75) is 33.4 Å². The number of nitrogens with one attached hydrogen (secondary N) is 3. The number of carbonyl (C=O) groups excluding carboxylic acids is 2. The van der Waals surface area contributed by atoms with Crippen molar-refractivity contribution in [2.24, 2.45) is 4.99 Å². The van der Waals surface area contributed by atoms with Crippen molar-refractivity contribution in [1.29, 1.82) is 0 Å². The monoisotopic (exact) mass is 483 g/mol. The van der Waals surface area contributed by atoms with Gasteiger partial charge in [0.25, 0.3) is 0 Å². The SMILES string of the molecule is C=N/C=C(/CNCc1ccc(-c2ccc(N3CC(CNC(C)=O)OC3=O)cc2F)cc1)NC.CC. The molecule has 1 aliphatic heterocycles. The Morgan fingerprint density at radius 1 is 1.26 bits per heavy atom. The van der Waals surface area contributed by atoms with Gasteiger partial charge in [0.05, 0.1) is 18.8 Å². The predicted octanol–water partition coefficient (Wildman–Crippen LogP) is 3.83. The maximum absolute atomic E-state index is 14.9. The number of benzene rings is 2. The van der Waals surface area contributed by atoms with Crippen LogP contribution in [0.25, 0.3) is 11.1 Å². The van der Waals surface area contributed by atoms with Gasteiger partial charge in [-0.15, -0.1) is 0 Å². The number of cyclic esters (lactones) is 1. The largest absolute Gasteiger partial charge is 0.442 e. The summed E-state index contributed by atoms with van der Waals surface area (Å²) in [5.74, 6) is -0.636. The molecule has 2 aromatic rings. The summed E-state index contributed by atoms with van der Waals surface area (Å²) < 4.78 is 20.1. The van der Waals surface area contributed by atoms with E-state index in [1.165, 1.54) is 17.9 Å². The Morgan fingerprint density at radius 3 is 2.57 bits per heavy atom. The van der Waals surface area contributed by atoms with Gasteiger partial charge in [-0.25, -0.2) is 9.18 Å². The summed E-state index contributed by atoms with van der Waals surface area (Å²) in [5.41, 5.74) is 3.57. The molecule has 1 fully saturated rings. The topological polar surface area (TPSA) is 95.1 Å². The van der Waals surface area contributed by atoms with Crippen LogP contribution in [0.1, 0.15) is 26.3 Å². The number of hydrogen-bond donors (Lipinski definition) is 3. The van der Waals surface area contributed by atoms with E-state index >= 15 is 0 Å². The van der Waals surface area contributed by atoms with E-state index in [0.717, 1.165) is 16.8 Å². The summed E-state index contributed by atoms with van der Waals surface area (Å²) in [6.07, 6.45) is 0.626. The van der Waals surface area contributed by atoms with Crippen LogP contribution < -0.4 is 20.9 Å². The zero-order chi connectivity index (χ0) is 25.8. The summed E-state index contributed by atoms with van der Waals surface area (Å²) in [6.45, 7) is 10.6. The molecule has 8 nitrogen and oxygen atoms in total. The average molecular weight is 484 g/mol. The standard InChI is InChI=1S/C24H28FN5O3.C2H6/c1-16(31)29-14-21-15-30(24(32)33-21)20-8-9-22(23(25)10-20)18-6-4-17(5-7-18)11-28-13-19(27-3)12-26-2;1-2/h4-10,12,21,27-28H,2,11,13-15H2,1,3H3,(H,29,31);1-2H3/b19-12-;. The summed E-state index contributed by atoms with van der Waals surface area (Å²) in [7, 11) is 1.82. The quantitative estimate of drug-likeness (QED) is 0.447. The fraction of sp³-hybridized carbons (Fsp3) is 0.346. The van der Waals surface area contributed by atoms with E-state index in [0.29, 0.717) is 24.3 Å². The summed E-state index contributed by atoms with van der Waals surface area (Å²) >= 11 is 0. The maximum Gasteiger partial charge on any atom is 0.414 e. The van der Waals surface area contributed by atoms with E-state index in [4.69, 9.17) is 4.74 Å². The molecular weight excluding hydrogens is 449 g/mol. The third kappa shape index (κ3) is 7.92. The van der Waals surface area contributed by atoms with E-state index in [-0.39, 0.29) is 19.0 Å². The van der Waals surface area contributed by atoms with Crippen LogP contribution in [0.3, 0.4) is 0 Å². The van der Waals surface area contributed by atoms with Crippen LogP contribution in [0, 0.1) is 5.82 Å².